The van der Waals surface area contributed by atoms with Gasteiger partial charge in [0.25, 0.3) is 0 Å². The molecule has 24 heavy (non-hydrogen) atoms. The number of rotatable bonds is 4. The molecule has 2 heterocycles. The Bertz CT molecular complexity index is 539. The maximum atomic E-state index is 12.7. The first-order valence-corrected chi connectivity index (χ1v) is 9.96. The molecule has 0 aliphatic carbocycles. The Balaban J connectivity index is 0.00000208. The number of halogens is 2. The van der Waals surface area contributed by atoms with Gasteiger partial charge in [-0.1, -0.05) is 15.9 Å². The molecule has 0 aromatic heterocycles. The molecule has 1 aromatic rings. The Morgan fingerprint density at radius 2 is 1.92 bits per heavy atom. The van der Waals surface area contributed by atoms with Crippen LogP contribution in [0.3, 0.4) is 0 Å². The number of hydrogen-bond acceptors (Lipinski definition) is 4. The van der Waals surface area contributed by atoms with Crippen LogP contribution in [-0.2, 0) is 4.79 Å². The number of hydrogen-bond donors (Lipinski definition) is 1. The Morgan fingerprint density at radius 3 is 2.58 bits per heavy atom. The average molecular weight is 435 g/mol. The van der Waals surface area contributed by atoms with Gasteiger partial charge in [0, 0.05) is 54.7 Å². The molecule has 4 nitrogen and oxygen atoms in total. The number of thioether (sulfide) groups is 1. The number of nitrogens with zero attached hydrogens (tertiary/aromatic N) is 2. The molecule has 2 fully saturated rings. The van der Waals surface area contributed by atoms with E-state index in [9.17, 15) is 4.79 Å². The summed E-state index contributed by atoms with van der Waals surface area (Å²) in [6.07, 6.45) is 1.11. The Hall–Kier alpha value is -0.270. The van der Waals surface area contributed by atoms with Crippen LogP contribution in [0.1, 0.15) is 13.3 Å². The highest BCUT2D eigenvalue weighted by Crippen LogP contribution is 2.27. The second-order valence-corrected chi connectivity index (χ2v) is 8.56. The summed E-state index contributed by atoms with van der Waals surface area (Å²) in [6.45, 7) is 8.17. The topological polar surface area (TPSA) is 35.6 Å². The van der Waals surface area contributed by atoms with Gasteiger partial charge in [-0.25, -0.2) is 0 Å². The third-order valence-corrected chi connectivity index (χ3v) is 6.25. The van der Waals surface area contributed by atoms with Gasteiger partial charge in [0.15, 0.2) is 0 Å². The van der Waals surface area contributed by atoms with Crippen molar-refractivity contribution >= 4 is 46.0 Å². The molecule has 1 amide bonds. The van der Waals surface area contributed by atoms with Crippen LogP contribution in [0, 0.1) is 0 Å². The molecule has 2 unspecified atom stereocenters. The van der Waals surface area contributed by atoms with Crippen LogP contribution in [0.5, 0.6) is 0 Å². The van der Waals surface area contributed by atoms with Crippen molar-refractivity contribution in [3.05, 3.63) is 28.7 Å². The zero-order chi connectivity index (χ0) is 16.2. The molecular formula is C17H25BrClN3OS. The summed E-state index contributed by atoms with van der Waals surface area (Å²) in [5.41, 5.74) is 0. The highest BCUT2D eigenvalue weighted by molar-refractivity contribution is 9.10. The molecule has 1 N–H and O–H groups in total. The van der Waals surface area contributed by atoms with E-state index >= 15 is 0 Å². The van der Waals surface area contributed by atoms with Crippen molar-refractivity contribution < 1.29 is 4.79 Å². The molecule has 2 saturated heterocycles. The lowest BCUT2D eigenvalue weighted by Gasteiger charge is -2.32. The van der Waals surface area contributed by atoms with Crippen molar-refractivity contribution in [2.24, 2.45) is 0 Å². The summed E-state index contributed by atoms with van der Waals surface area (Å²) in [4.78, 5) is 18.5. The molecule has 3 rings (SSSR count). The molecule has 1 aromatic carbocycles. The number of carbonyl (C=O) groups is 1. The van der Waals surface area contributed by atoms with Crippen LogP contribution in [0.4, 0.5) is 0 Å². The minimum atomic E-state index is -0.0297. The normalized spacial score (nSPS) is 22.9. The highest BCUT2D eigenvalue weighted by Gasteiger charge is 2.32. The van der Waals surface area contributed by atoms with Gasteiger partial charge in [0.05, 0.1) is 5.25 Å². The van der Waals surface area contributed by atoms with Crippen LogP contribution in [-0.4, -0.2) is 66.3 Å². The van der Waals surface area contributed by atoms with Crippen molar-refractivity contribution in [1.82, 2.24) is 15.1 Å². The quantitative estimate of drug-likeness (QED) is 0.739. The van der Waals surface area contributed by atoms with Gasteiger partial charge in [0.2, 0.25) is 5.91 Å². The zero-order valence-electron chi connectivity index (χ0n) is 13.9. The third-order valence-electron chi connectivity index (χ3n) is 4.62. The van der Waals surface area contributed by atoms with Gasteiger partial charge < -0.3 is 10.2 Å². The molecule has 0 bridgehead atoms. The summed E-state index contributed by atoms with van der Waals surface area (Å²) >= 11 is 5.09. The predicted molar refractivity (Wildman–Crippen MR) is 106 cm³/mol. The molecule has 2 atom stereocenters. The molecule has 2 aliphatic heterocycles. The van der Waals surface area contributed by atoms with E-state index in [4.69, 9.17) is 0 Å². The molecule has 0 saturated carbocycles. The van der Waals surface area contributed by atoms with Gasteiger partial charge in [-0.15, -0.1) is 24.2 Å². The fourth-order valence-corrected chi connectivity index (χ4v) is 4.53. The fourth-order valence-electron chi connectivity index (χ4n) is 3.31. The largest absolute Gasteiger partial charge is 0.340 e. The molecule has 2 aliphatic rings. The van der Waals surface area contributed by atoms with Crippen molar-refractivity contribution in [3.63, 3.8) is 0 Å². The van der Waals surface area contributed by atoms with Crippen LogP contribution in [0.2, 0.25) is 0 Å². The molecular weight excluding hydrogens is 410 g/mol. The van der Waals surface area contributed by atoms with E-state index < -0.39 is 0 Å². The lowest BCUT2D eigenvalue weighted by molar-refractivity contribution is -0.129. The number of piperazine rings is 1. The van der Waals surface area contributed by atoms with Gasteiger partial charge in [-0.3, -0.25) is 9.69 Å². The summed E-state index contributed by atoms with van der Waals surface area (Å²) in [5.74, 6) is 0.274. The molecule has 7 heteroatoms. The zero-order valence-corrected chi connectivity index (χ0v) is 17.1. The number of likely N-dealkylation sites (tertiary alicyclic amines) is 1. The number of amides is 1. The van der Waals surface area contributed by atoms with Crippen LogP contribution >= 0.6 is 40.1 Å². The Kier molecular flexibility index (Phi) is 7.88. The van der Waals surface area contributed by atoms with Crippen LogP contribution < -0.4 is 5.32 Å². The molecule has 0 radical (unpaired) electrons. The first-order valence-electron chi connectivity index (χ1n) is 8.29. The van der Waals surface area contributed by atoms with Gasteiger partial charge in [-0.2, -0.15) is 0 Å². The SMILES string of the molecule is CC(Sc1ccc(Br)cc1)C(=O)N1CCC(N2CCNCC2)C1.Cl. The monoisotopic (exact) mass is 433 g/mol. The third kappa shape index (κ3) is 5.11. The summed E-state index contributed by atoms with van der Waals surface area (Å²) < 4.78 is 1.07. The lowest BCUT2D eigenvalue weighted by atomic mass is 10.2. The Labute approximate surface area is 163 Å². The van der Waals surface area contributed by atoms with E-state index in [-0.39, 0.29) is 23.6 Å². The standard InChI is InChI=1S/C17H24BrN3OS.ClH/c1-13(23-16-4-2-14(18)3-5-16)17(22)21-9-6-15(12-21)20-10-7-19-8-11-20;/h2-5,13,15,19H,6-12H2,1H3;1H. The van der Waals surface area contributed by atoms with E-state index in [1.807, 2.05) is 19.1 Å². The average Bonchev–Trinajstić information content (AvgIpc) is 3.07. The highest BCUT2D eigenvalue weighted by atomic mass is 79.9. The van der Waals surface area contributed by atoms with Crippen LogP contribution in [0.15, 0.2) is 33.6 Å². The minimum absolute atomic E-state index is 0. The number of nitrogens with one attached hydrogen (secondary N) is 1. The van der Waals surface area contributed by atoms with Crippen molar-refractivity contribution in [2.75, 3.05) is 39.3 Å². The fraction of sp³-hybridized carbons (Fsp3) is 0.588. The van der Waals surface area contributed by atoms with Crippen molar-refractivity contribution in [3.8, 4) is 0 Å². The first kappa shape index (κ1) is 20.0. The first-order chi connectivity index (χ1) is 11.1. The maximum absolute atomic E-state index is 12.7. The van der Waals surface area contributed by atoms with E-state index in [0.717, 1.165) is 55.1 Å². The van der Waals surface area contributed by atoms with E-state index in [1.165, 1.54) is 0 Å². The minimum Gasteiger partial charge on any atom is -0.340 e. The number of carbonyl (C=O) groups excluding carboxylic acids is 1. The van der Waals surface area contributed by atoms with E-state index in [1.54, 1.807) is 11.8 Å². The summed E-state index contributed by atoms with van der Waals surface area (Å²) in [6, 6.07) is 8.72. The molecule has 134 valence electrons. The van der Waals surface area contributed by atoms with Crippen LogP contribution in [0.25, 0.3) is 0 Å². The maximum Gasteiger partial charge on any atom is 0.235 e. The van der Waals surface area contributed by atoms with Crippen molar-refractivity contribution in [1.29, 1.82) is 0 Å². The van der Waals surface area contributed by atoms with Gasteiger partial charge in [0.1, 0.15) is 0 Å². The lowest BCUT2D eigenvalue weighted by Crippen LogP contribution is -2.49. The summed E-state index contributed by atoms with van der Waals surface area (Å²) in [7, 11) is 0. The number of benzene rings is 1. The Morgan fingerprint density at radius 1 is 1.25 bits per heavy atom. The van der Waals surface area contributed by atoms with Gasteiger partial charge in [-0.05, 0) is 37.6 Å². The summed E-state index contributed by atoms with van der Waals surface area (Å²) in [5, 5.41) is 3.36. The predicted octanol–water partition coefficient (Wildman–Crippen LogP) is 2.86. The smallest absolute Gasteiger partial charge is 0.235 e. The molecule has 0 spiro atoms. The van der Waals surface area contributed by atoms with E-state index in [0.29, 0.717) is 6.04 Å². The second kappa shape index (κ2) is 9.43. The van der Waals surface area contributed by atoms with Gasteiger partial charge >= 0.3 is 0 Å². The van der Waals surface area contributed by atoms with E-state index in [2.05, 4.69) is 43.2 Å². The van der Waals surface area contributed by atoms with Crippen molar-refractivity contribution in [2.45, 2.75) is 29.5 Å². The second-order valence-electron chi connectivity index (χ2n) is 6.23.